The summed E-state index contributed by atoms with van der Waals surface area (Å²) < 4.78 is 11.0. The summed E-state index contributed by atoms with van der Waals surface area (Å²) >= 11 is 0. The lowest BCUT2D eigenvalue weighted by Gasteiger charge is -2.35. The third-order valence-electron chi connectivity index (χ3n) is 15.4. The van der Waals surface area contributed by atoms with Crippen LogP contribution in [-0.4, -0.2) is 115 Å². The van der Waals surface area contributed by atoms with E-state index in [-0.39, 0.29) is 47.8 Å². The van der Waals surface area contributed by atoms with Gasteiger partial charge in [0.25, 0.3) is 0 Å². The van der Waals surface area contributed by atoms with Crippen molar-refractivity contribution < 1.29 is 38.9 Å². The van der Waals surface area contributed by atoms with E-state index in [1.807, 2.05) is 21.9 Å². The Balaban J connectivity index is 0.767. The zero-order valence-corrected chi connectivity index (χ0v) is 36.3. The first-order chi connectivity index (χ1) is 32.1. The van der Waals surface area contributed by atoms with Crippen LogP contribution >= 0.6 is 0 Å². The number of carboxylic acid groups (broad SMARTS) is 2. The van der Waals surface area contributed by atoms with Gasteiger partial charge in [-0.15, -0.1) is 0 Å². The van der Waals surface area contributed by atoms with Crippen molar-refractivity contribution in [2.75, 3.05) is 26.4 Å². The third-order valence-corrected chi connectivity index (χ3v) is 15.4. The average molecular weight is 893 g/mol. The van der Waals surface area contributed by atoms with Gasteiger partial charge >= 0.3 is 12.2 Å². The summed E-state index contributed by atoms with van der Waals surface area (Å²) in [5, 5.41) is 26.7. The summed E-state index contributed by atoms with van der Waals surface area (Å²) in [5.74, 6) is 1.71. The topological polar surface area (TPSA) is 215 Å². The van der Waals surface area contributed by atoms with Gasteiger partial charge in [-0.1, -0.05) is 36.4 Å². The van der Waals surface area contributed by atoms with E-state index in [4.69, 9.17) is 19.4 Å². The first-order valence-electron chi connectivity index (χ1n) is 23.5. The highest BCUT2D eigenvalue weighted by Gasteiger charge is 2.58. The second-order valence-electron chi connectivity index (χ2n) is 19.4. The third kappa shape index (κ3) is 7.39. The summed E-state index contributed by atoms with van der Waals surface area (Å²) in [7, 11) is 0. The highest BCUT2D eigenvalue weighted by atomic mass is 16.5. The summed E-state index contributed by atoms with van der Waals surface area (Å²) in [5.41, 5.74) is 7.59. The lowest BCUT2D eigenvalue weighted by Crippen LogP contribution is -2.53. The first kappa shape index (κ1) is 40.9. The minimum absolute atomic E-state index is 0.105. The molecule has 2 saturated carbocycles. The summed E-state index contributed by atoms with van der Waals surface area (Å²) in [4.78, 5) is 72.9. The predicted molar refractivity (Wildman–Crippen MR) is 243 cm³/mol. The number of piperidine rings is 2. The molecule has 6 aromatic rings. The van der Waals surface area contributed by atoms with Crippen LogP contribution in [0.3, 0.4) is 0 Å². The Hall–Kier alpha value is -6.52. The maximum atomic E-state index is 14.2. The Morgan fingerprint density at radius 1 is 0.561 bits per heavy atom. The molecular formula is C50H52N8O8. The van der Waals surface area contributed by atoms with Crippen molar-refractivity contribution in [3.05, 3.63) is 84.4 Å². The van der Waals surface area contributed by atoms with Crippen molar-refractivity contribution in [2.45, 2.75) is 87.6 Å². The maximum Gasteiger partial charge on any atom is 0.405 e. The average Bonchev–Trinajstić information content (AvgIpc) is 3.99. The predicted octanol–water partition coefficient (Wildman–Crippen LogP) is 7.38. The smallest absolute Gasteiger partial charge is 0.405 e. The molecule has 0 bridgehead atoms. The fourth-order valence-corrected chi connectivity index (χ4v) is 11.8. The molecule has 0 spiro atoms. The van der Waals surface area contributed by atoms with Crippen molar-refractivity contribution in [3.8, 4) is 22.3 Å². The van der Waals surface area contributed by atoms with Crippen LogP contribution < -0.4 is 10.6 Å². The van der Waals surface area contributed by atoms with E-state index in [0.29, 0.717) is 63.9 Å². The van der Waals surface area contributed by atoms with Crippen molar-refractivity contribution in [1.29, 1.82) is 0 Å². The quantitative estimate of drug-likeness (QED) is 0.0803. The number of aromatic amines is 2. The van der Waals surface area contributed by atoms with Gasteiger partial charge in [0.05, 0.1) is 34.2 Å². The number of fused-ring (bicyclic) bond motifs is 5. The molecule has 2 aliphatic carbocycles. The van der Waals surface area contributed by atoms with Gasteiger partial charge in [0, 0.05) is 38.5 Å². The van der Waals surface area contributed by atoms with Crippen LogP contribution in [0.4, 0.5) is 9.59 Å². The van der Waals surface area contributed by atoms with Gasteiger partial charge in [0.2, 0.25) is 11.8 Å². The molecule has 6 aliphatic rings. The van der Waals surface area contributed by atoms with Crippen molar-refractivity contribution in [2.24, 2.45) is 23.7 Å². The summed E-state index contributed by atoms with van der Waals surface area (Å²) in [6, 6.07) is 23.4. The number of ether oxygens (including phenoxy) is 2. The molecule has 0 radical (unpaired) electrons. The molecule has 4 aromatic carbocycles. The Labute approximate surface area is 379 Å². The molecule has 6 heterocycles. The minimum atomic E-state index is -1.19. The van der Waals surface area contributed by atoms with Crippen LogP contribution in [0.25, 0.3) is 55.1 Å². The molecule has 340 valence electrons. The second kappa shape index (κ2) is 16.1. The van der Waals surface area contributed by atoms with Crippen molar-refractivity contribution >= 4 is 56.8 Å². The van der Waals surface area contributed by atoms with E-state index in [1.54, 1.807) is 0 Å². The number of hydrogen-bond acceptors (Lipinski definition) is 8. The SMILES string of the molecule is O=C(O)N[C@H](C(=O)N1[C@@H]2C[C@@H]2C[C@H]1c1nc2ccc(-c3ccc4cc(-c5ccc6nc([C@@H]7C[C@H]8C[C@H]8N7C(=O)[C@@H](NC(=O)O)C7CCOCC7)[nH]c6c5)ccc4c3)cc2[nH]1)C1CCOCC1. The van der Waals surface area contributed by atoms with Crippen LogP contribution in [0.1, 0.15) is 75.1 Å². The van der Waals surface area contributed by atoms with Crippen molar-refractivity contribution in [1.82, 2.24) is 40.4 Å². The fourth-order valence-electron chi connectivity index (χ4n) is 11.8. The molecule has 6 fully saturated rings. The number of nitrogens with one attached hydrogen (secondary N) is 4. The van der Waals surface area contributed by atoms with Gasteiger partial charge in [-0.25, -0.2) is 19.6 Å². The Kier molecular flexibility index (Phi) is 10.0. The summed E-state index contributed by atoms with van der Waals surface area (Å²) in [6.07, 6.45) is 3.65. The minimum Gasteiger partial charge on any atom is -0.465 e. The molecule has 8 atom stereocenters. The molecule has 12 rings (SSSR count). The Bertz CT molecular complexity index is 2720. The van der Waals surface area contributed by atoms with Crippen LogP contribution in [-0.2, 0) is 19.1 Å². The van der Waals surface area contributed by atoms with Gasteiger partial charge in [-0.05, 0) is 144 Å². The van der Waals surface area contributed by atoms with Gasteiger partial charge in [-0.3, -0.25) is 9.59 Å². The normalized spacial score (nSPS) is 26.0. The maximum absolute atomic E-state index is 14.2. The van der Waals surface area contributed by atoms with Gasteiger partial charge in [0.1, 0.15) is 23.7 Å². The standard InChI is InChI=1S/C50H52N8O8/c59-47(43(55-49(61)62)25-9-13-65-14-10-25)57-39-21-33(39)23-41(57)45-51-35-7-5-31(19-37(35)53-45)29-3-1-27-17-30(4-2-28(27)18-29)32-6-8-36-38(20-32)54-46(52-36)42-24-34-22-40(34)58(42)48(60)44(56-50(63)64)26-11-15-66-16-12-26/h1-8,17-20,25-26,33-34,39-44,55-56H,9-16,21-24H2,(H,51,53)(H,52,54)(H,61,62)(H,63,64)/t33-,34-,39-,40-,41+,42+,43+,44+/m1/s1. The van der Waals surface area contributed by atoms with Crippen molar-refractivity contribution in [3.63, 3.8) is 0 Å². The van der Waals surface area contributed by atoms with Crippen LogP contribution in [0.5, 0.6) is 0 Å². The number of nitrogens with zero attached hydrogens (tertiary/aromatic N) is 4. The number of carbonyl (C=O) groups excluding carboxylic acids is 2. The van der Waals surface area contributed by atoms with Gasteiger partial charge in [0.15, 0.2) is 0 Å². The molecule has 4 aliphatic heterocycles. The lowest BCUT2D eigenvalue weighted by molar-refractivity contribution is -0.138. The number of amides is 4. The number of hydrogen-bond donors (Lipinski definition) is 6. The molecule has 16 heteroatoms. The number of rotatable bonds is 10. The van der Waals surface area contributed by atoms with E-state index in [1.165, 1.54) is 0 Å². The number of H-pyrrole nitrogens is 2. The molecule has 16 nitrogen and oxygen atoms in total. The molecule has 6 N–H and O–H groups in total. The monoisotopic (exact) mass is 892 g/mol. The Morgan fingerprint density at radius 3 is 1.36 bits per heavy atom. The molecule has 0 unspecified atom stereocenters. The van der Waals surface area contributed by atoms with E-state index in [0.717, 1.165) is 92.4 Å². The number of benzene rings is 4. The van der Waals surface area contributed by atoms with Gasteiger partial charge < -0.3 is 50.1 Å². The lowest BCUT2D eigenvalue weighted by atomic mass is 9.90. The second-order valence-corrected chi connectivity index (χ2v) is 19.4. The van der Waals surface area contributed by atoms with E-state index < -0.39 is 24.3 Å². The van der Waals surface area contributed by atoms with E-state index in [2.05, 4.69) is 81.3 Å². The van der Waals surface area contributed by atoms with E-state index >= 15 is 0 Å². The van der Waals surface area contributed by atoms with Crippen LogP contribution in [0.2, 0.25) is 0 Å². The molecule has 4 saturated heterocycles. The summed E-state index contributed by atoms with van der Waals surface area (Å²) in [6.45, 7) is 2.08. The number of carbonyl (C=O) groups is 4. The first-order valence-corrected chi connectivity index (χ1v) is 23.5. The molecule has 66 heavy (non-hydrogen) atoms. The van der Waals surface area contributed by atoms with Crippen LogP contribution in [0, 0.1) is 23.7 Å². The molecular weight excluding hydrogens is 841 g/mol. The molecule has 2 aromatic heterocycles. The highest BCUT2D eigenvalue weighted by Crippen LogP contribution is 2.55. The Morgan fingerprint density at radius 2 is 0.955 bits per heavy atom. The van der Waals surface area contributed by atoms with Gasteiger partial charge in [-0.2, -0.15) is 0 Å². The number of imidazole rings is 2. The fraction of sp³-hybridized carbons (Fsp3) is 0.440. The zero-order chi connectivity index (χ0) is 44.8. The van der Waals surface area contributed by atoms with Crippen LogP contribution in [0.15, 0.2) is 72.8 Å². The number of aromatic nitrogens is 4. The highest BCUT2D eigenvalue weighted by molar-refractivity contribution is 5.94. The molecule has 4 amide bonds. The number of likely N-dealkylation sites (tertiary alicyclic amines) is 2. The van der Waals surface area contributed by atoms with E-state index in [9.17, 15) is 29.4 Å². The largest absolute Gasteiger partial charge is 0.465 e. The zero-order valence-electron chi connectivity index (χ0n) is 36.3.